The zero-order valence-electron chi connectivity index (χ0n) is 7.81. The van der Waals surface area contributed by atoms with E-state index < -0.39 is 0 Å². The van der Waals surface area contributed by atoms with Crippen LogP contribution in [0.25, 0.3) is 10.8 Å². The normalized spacial score (nSPS) is 10.4. The number of fused-ring (bicyclic) bond motifs is 1. The van der Waals surface area contributed by atoms with E-state index in [1.807, 2.05) is 30.5 Å². The Kier molecular flexibility index (Phi) is 2.60. The number of nitrogens with zero attached hydrogens (tertiary/aromatic N) is 1. The van der Waals surface area contributed by atoms with E-state index in [2.05, 4.69) is 4.98 Å². The predicted molar refractivity (Wildman–Crippen MR) is 56.3 cm³/mol. The van der Waals surface area contributed by atoms with Gasteiger partial charge in [0.25, 0.3) is 0 Å². The summed E-state index contributed by atoms with van der Waals surface area (Å²) in [7, 11) is 0. The van der Waals surface area contributed by atoms with Gasteiger partial charge in [0.1, 0.15) is 12.4 Å². The summed E-state index contributed by atoms with van der Waals surface area (Å²) in [6, 6.07) is 7.99. The van der Waals surface area contributed by atoms with Crippen LogP contribution in [0, 0.1) is 0 Å². The van der Waals surface area contributed by atoms with Crippen molar-refractivity contribution >= 4 is 10.8 Å². The molecule has 3 heteroatoms. The van der Waals surface area contributed by atoms with E-state index in [4.69, 9.17) is 10.5 Å². The molecule has 0 bridgehead atoms. The second kappa shape index (κ2) is 4.07. The number of hydrogen-bond acceptors (Lipinski definition) is 3. The molecule has 3 nitrogen and oxygen atoms in total. The molecule has 1 aromatic heterocycles. The van der Waals surface area contributed by atoms with Crippen molar-refractivity contribution in [1.29, 1.82) is 0 Å². The van der Waals surface area contributed by atoms with Crippen molar-refractivity contribution in [2.45, 2.75) is 0 Å². The van der Waals surface area contributed by atoms with Crippen molar-refractivity contribution in [2.24, 2.45) is 5.73 Å². The second-order valence-electron chi connectivity index (χ2n) is 3.00. The second-order valence-corrected chi connectivity index (χ2v) is 3.00. The van der Waals surface area contributed by atoms with E-state index >= 15 is 0 Å². The molecule has 0 aliphatic rings. The van der Waals surface area contributed by atoms with Crippen LogP contribution in [-0.2, 0) is 0 Å². The zero-order chi connectivity index (χ0) is 9.80. The Balaban J connectivity index is 2.43. The van der Waals surface area contributed by atoms with E-state index in [0.717, 1.165) is 16.5 Å². The molecule has 0 aliphatic heterocycles. The molecule has 0 saturated heterocycles. The number of ether oxygens (including phenoxy) is 1. The minimum absolute atomic E-state index is 0.517. The van der Waals surface area contributed by atoms with Crippen LogP contribution in [0.15, 0.2) is 36.7 Å². The van der Waals surface area contributed by atoms with Gasteiger partial charge in [0.05, 0.1) is 6.20 Å². The maximum atomic E-state index is 5.48. The molecule has 2 rings (SSSR count). The standard InChI is InChI=1S/C11H12N2O/c12-5-6-14-11-8-13-7-9-3-1-2-4-10(9)11/h1-4,7-8H,5-6,12H2. The fourth-order valence-corrected chi connectivity index (χ4v) is 1.37. The molecule has 72 valence electrons. The predicted octanol–water partition coefficient (Wildman–Crippen LogP) is 1.57. The molecule has 0 fully saturated rings. The van der Waals surface area contributed by atoms with Gasteiger partial charge in [-0.2, -0.15) is 0 Å². The average molecular weight is 188 g/mol. The average Bonchev–Trinajstić information content (AvgIpc) is 2.26. The van der Waals surface area contributed by atoms with Gasteiger partial charge in [-0.25, -0.2) is 0 Å². The third-order valence-electron chi connectivity index (χ3n) is 2.01. The summed E-state index contributed by atoms with van der Waals surface area (Å²) in [6.45, 7) is 1.04. The maximum absolute atomic E-state index is 5.48. The lowest BCUT2D eigenvalue weighted by Gasteiger charge is -2.06. The highest BCUT2D eigenvalue weighted by Gasteiger charge is 2.00. The molecule has 0 amide bonds. The van der Waals surface area contributed by atoms with Crippen molar-refractivity contribution in [3.8, 4) is 5.75 Å². The number of rotatable bonds is 3. The lowest BCUT2D eigenvalue weighted by molar-refractivity contribution is 0.331. The third-order valence-corrected chi connectivity index (χ3v) is 2.01. The van der Waals surface area contributed by atoms with Gasteiger partial charge >= 0.3 is 0 Å². The fraction of sp³-hybridized carbons (Fsp3) is 0.182. The summed E-state index contributed by atoms with van der Waals surface area (Å²) in [5.74, 6) is 0.800. The number of aromatic nitrogens is 1. The van der Waals surface area contributed by atoms with Crippen molar-refractivity contribution in [3.05, 3.63) is 36.7 Å². The largest absolute Gasteiger partial charge is 0.490 e. The van der Waals surface area contributed by atoms with Gasteiger partial charge in [-0.1, -0.05) is 24.3 Å². The highest BCUT2D eigenvalue weighted by atomic mass is 16.5. The van der Waals surface area contributed by atoms with Crippen molar-refractivity contribution in [1.82, 2.24) is 4.98 Å². The van der Waals surface area contributed by atoms with Crippen LogP contribution in [-0.4, -0.2) is 18.1 Å². The fourth-order valence-electron chi connectivity index (χ4n) is 1.37. The lowest BCUT2D eigenvalue weighted by Crippen LogP contribution is -2.10. The Hall–Kier alpha value is -1.61. The highest BCUT2D eigenvalue weighted by Crippen LogP contribution is 2.23. The van der Waals surface area contributed by atoms with Gasteiger partial charge in [0.2, 0.25) is 0 Å². The molecule has 2 N–H and O–H groups in total. The molecule has 2 aromatic rings. The van der Waals surface area contributed by atoms with Gasteiger partial charge in [-0.05, 0) is 0 Å². The third kappa shape index (κ3) is 1.67. The minimum atomic E-state index is 0.517. The van der Waals surface area contributed by atoms with Crippen LogP contribution in [0.3, 0.4) is 0 Å². The molecule has 0 atom stereocenters. The summed E-state index contributed by atoms with van der Waals surface area (Å²) < 4.78 is 5.48. The first-order valence-electron chi connectivity index (χ1n) is 4.57. The van der Waals surface area contributed by atoms with Gasteiger partial charge in [-0.3, -0.25) is 4.98 Å². The monoisotopic (exact) mass is 188 g/mol. The van der Waals surface area contributed by atoms with Crippen LogP contribution < -0.4 is 10.5 Å². The van der Waals surface area contributed by atoms with Gasteiger partial charge in [-0.15, -0.1) is 0 Å². The maximum Gasteiger partial charge on any atom is 0.145 e. The first-order valence-corrected chi connectivity index (χ1v) is 4.57. The van der Waals surface area contributed by atoms with E-state index in [0.29, 0.717) is 13.2 Å². The summed E-state index contributed by atoms with van der Waals surface area (Å²) in [5, 5.41) is 2.16. The number of pyridine rings is 1. The van der Waals surface area contributed by atoms with Crippen molar-refractivity contribution in [2.75, 3.05) is 13.2 Å². The van der Waals surface area contributed by atoms with Gasteiger partial charge in [0, 0.05) is 23.5 Å². The Morgan fingerprint density at radius 3 is 2.93 bits per heavy atom. The molecular weight excluding hydrogens is 176 g/mol. The molecule has 0 saturated carbocycles. The summed E-state index contributed by atoms with van der Waals surface area (Å²) in [5.41, 5.74) is 5.38. The molecule has 14 heavy (non-hydrogen) atoms. The SMILES string of the molecule is NCCOc1cncc2ccccc12. The first-order chi connectivity index (χ1) is 6.92. The zero-order valence-corrected chi connectivity index (χ0v) is 7.81. The van der Waals surface area contributed by atoms with E-state index in [1.54, 1.807) is 6.20 Å². The molecule has 0 unspecified atom stereocenters. The Labute approximate surface area is 82.5 Å². The summed E-state index contributed by atoms with van der Waals surface area (Å²) in [4.78, 5) is 4.10. The van der Waals surface area contributed by atoms with Crippen LogP contribution in [0.4, 0.5) is 0 Å². The molecule has 1 heterocycles. The number of benzene rings is 1. The number of hydrogen-bond donors (Lipinski definition) is 1. The molecular formula is C11H12N2O. The minimum Gasteiger partial charge on any atom is -0.490 e. The molecule has 0 aliphatic carbocycles. The number of nitrogens with two attached hydrogens (primary N) is 1. The van der Waals surface area contributed by atoms with Crippen molar-refractivity contribution < 1.29 is 4.74 Å². The van der Waals surface area contributed by atoms with Gasteiger partial charge in [0.15, 0.2) is 0 Å². The van der Waals surface area contributed by atoms with Crippen LogP contribution >= 0.6 is 0 Å². The Bertz CT molecular complexity index is 423. The lowest BCUT2D eigenvalue weighted by atomic mass is 10.2. The topological polar surface area (TPSA) is 48.1 Å². The van der Waals surface area contributed by atoms with E-state index in [1.165, 1.54) is 0 Å². The Morgan fingerprint density at radius 2 is 2.07 bits per heavy atom. The quantitative estimate of drug-likeness (QED) is 0.795. The van der Waals surface area contributed by atoms with Crippen LogP contribution in [0.1, 0.15) is 0 Å². The van der Waals surface area contributed by atoms with Crippen LogP contribution in [0.5, 0.6) is 5.75 Å². The van der Waals surface area contributed by atoms with E-state index in [9.17, 15) is 0 Å². The smallest absolute Gasteiger partial charge is 0.145 e. The van der Waals surface area contributed by atoms with E-state index in [-0.39, 0.29) is 0 Å². The first kappa shape index (κ1) is 8.97. The summed E-state index contributed by atoms with van der Waals surface area (Å²) in [6.07, 6.45) is 3.54. The van der Waals surface area contributed by atoms with Crippen molar-refractivity contribution in [3.63, 3.8) is 0 Å². The molecule has 0 radical (unpaired) electrons. The molecule has 0 spiro atoms. The van der Waals surface area contributed by atoms with Gasteiger partial charge < -0.3 is 10.5 Å². The van der Waals surface area contributed by atoms with Crippen LogP contribution in [0.2, 0.25) is 0 Å². The Morgan fingerprint density at radius 1 is 1.21 bits per heavy atom. The molecule has 1 aromatic carbocycles. The highest BCUT2D eigenvalue weighted by molar-refractivity contribution is 5.87. The summed E-state index contributed by atoms with van der Waals surface area (Å²) >= 11 is 0.